The van der Waals surface area contributed by atoms with E-state index in [0.29, 0.717) is 23.6 Å². The van der Waals surface area contributed by atoms with Gasteiger partial charge in [-0.25, -0.2) is 4.98 Å². The number of amides is 1. The predicted octanol–water partition coefficient (Wildman–Crippen LogP) is 4.12. The minimum absolute atomic E-state index is 0.0225. The average molecular weight is 560 g/mol. The predicted molar refractivity (Wildman–Crippen MR) is 131 cm³/mol. The molecule has 37 heavy (non-hydrogen) atoms. The highest BCUT2D eigenvalue weighted by Crippen LogP contribution is 2.46. The lowest BCUT2D eigenvalue weighted by Crippen LogP contribution is -2.43. The number of nitrogens with zero attached hydrogens (tertiary/aromatic N) is 2. The maximum atomic E-state index is 12.8. The van der Waals surface area contributed by atoms with Crippen molar-refractivity contribution >= 4 is 33.5 Å². The van der Waals surface area contributed by atoms with E-state index in [0.717, 1.165) is 17.3 Å². The standard InChI is InChI=1S/C23H24F3N3O6S2/c1-13-22(37(31,32)33)36-14(2)29(13)18-4-3-5-19-17(18)10-16(12-35-19)28-21(30)15-6-7-20(27-11-15)34-9-8-23(24,25)26/h3-7,11,14,16H,8-10,12H2,1-2H3,(H,28,30)(H,31,32,33)/t14-,16?/m0/s1. The molecule has 14 heteroatoms. The van der Waals surface area contributed by atoms with Gasteiger partial charge in [0.15, 0.2) is 0 Å². The van der Waals surface area contributed by atoms with E-state index in [1.807, 2.05) is 17.9 Å². The molecular weight excluding hydrogens is 535 g/mol. The van der Waals surface area contributed by atoms with Crippen LogP contribution >= 0.6 is 11.8 Å². The Morgan fingerprint density at radius 2 is 2.08 bits per heavy atom. The number of halogens is 3. The maximum absolute atomic E-state index is 12.8. The van der Waals surface area contributed by atoms with E-state index in [-0.39, 0.29) is 27.7 Å². The minimum Gasteiger partial charge on any atom is -0.491 e. The number of ether oxygens (including phenoxy) is 2. The van der Waals surface area contributed by atoms with Gasteiger partial charge in [-0.1, -0.05) is 17.8 Å². The van der Waals surface area contributed by atoms with Crippen LogP contribution in [0.4, 0.5) is 18.9 Å². The van der Waals surface area contributed by atoms with Gasteiger partial charge in [0.05, 0.1) is 30.0 Å². The molecule has 2 aliphatic heterocycles. The number of carbonyl (C=O) groups is 1. The van der Waals surface area contributed by atoms with Gasteiger partial charge in [-0.05, 0) is 32.0 Å². The van der Waals surface area contributed by atoms with Crippen molar-refractivity contribution in [2.24, 2.45) is 0 Å². The van der Waals surface area contributed by atoms with Crippen molar-refractivity contribution in [2.45, 2.75) is 44.3 Å². The summed E-state index contributed by atoms with van der Waals surface area (Å²) in [6, 6.07) is 7.70. The number of allylic oxidation sites excluding steroid dienone is 1. The fourth-order valence-electron chi connectivity index (χ4n) is 4.14. The van der Waals surface area contributed by atoms with Crippen LogP contribution in [0.15, 0.2) is 46.5 Å². The molecule has 0 bridgehead atoms. The summed E-state index contributed by atoms with van der Waals surface area (Å²) < 4.78 is 80.7. The normalized spacial score (nSPS) is 19.9. The van der Waals surface area contributed by atoms with Crippen molar-refractivity contribution in [3.8, 4) is 11.6 Å². The van der Waals surface area contributed by atoms with Gasteiger partial charge in [0.2, 0.25) is 5.88 Å². The van der Waals surface area contributed by atoms with Gasteiger partial charge in [0.25, 0.3) is 5.91 Å². The lowest BCUT2D eigenvalue weighted by molar-refractivity contribution is -0.139. The number of carbonyl (C=O) groups excluding carboxylic acids is 1. The Labute approximate surface area is 215 Å². The van der Waals surface area contributed by atoms with Crippen LogP contribution in [0.3, 0.4) is 0 Å². The molecule has 4 rings (SSSR count). The fraction of sp³-hybridized carbons (Fsp3) is 0.391. The molecule has 0 saturated carbocycles. The van der Waals surface area contributed by atoms with Crippen LogP contribution in [0, 0.1) is 0 Å². The molecule has 0 radical (unpaired) electrons. The van der Waals surface area contributed by atoms with Gasteiger partial charge >= 0.3 is 16.3 Å². The monoisotopic (exact) mass is 559 g/mol. The minimum atomic E-state index is -4.37. The van der Waals surface area contributed by atoms with Gasteiger partial charge in [-0.15, -0.1) is 0 Å². The molecule has 0 aliphatic carbocycles. The van der Waals surface area contributed by atoms with Crippen molar-refractivity contribution in [1.29, 1.82) is 0 Å². The number of thioether (sulfide) groups is 1. The first-order chi connectivity index (χ1) is 17.3. The Kier molecular flexibility index (Phi) is 7.62. The summed E-state index contributed by atoms with van der Waals surface area (Å²) in [6.07, 6.45) is -3.83. The number of nitrogens with one attached hydrogen (secondary N) is 1. The summed E-state index contributed by atoms with van der Waals surface area (Å²) in [4.78, 5) is 18.5. The van der Waals surface area contributed by atoms with Crippen LogP contribution in [-0.2, 0) is 16.5 Å². The number of pyridine rings is 1. The zero-order chi connectivity index (χ0) is 27.0. The Bertz CT molecular complexity index is 1320. The van der Waals surface area contributed by atoms with Crippen molar-refractivity contribution in [3.63, 3.8) is 0 Å². The van der Waals surface area contributed by atoms with E-state index in [9.17, 15) is 30.9 Å². The number of hydrogen-bond donors (Lipinski definition) is 2. The first-order valence-corrected chi connectivity index (χ1v) is 13.5. The van der Waals surface area contributed by atoms with Crippen molar-refractivity contribution < 1.29 is 40.4 Å². The lowest BCUT2D eigenvalue weighted by Gasteiger charge is -2.32. The van der Waals surface area contributed by atoms with Crippen LogP contribution in [0.2, 0.25) is 0 Å². The first kappa shape index (κ1) is 27.1. The van der Waals surface area contributed by atoms with E-state index >= 15 is 0 Å². The molecule has 2 N–H and O–H groups in total. The molecule has 0 fully saturated rings. The van der Waals surface area contributed by atoms with Crippen LogP contribution in [0.5, 0.6) is 11.6 Å². The van der Waals surface area contributed by atoms with E-state index in [2.05, 4.69) is 10.3 Å². The molecule has 200 valence electrons. The van der Waals surface area contributed by atoms with Crippen LogP contribution in [0.1, 0.15) is 36.2 Å². The van der Waals surface area contributed by atoms with E-state index in [1.165, 1.54) is 18.3 Å². The lowest BCUT2D eigenvalue weighted by atomic mass is 9.99. The zero-order valence-corrected chi connectivity index (χ0v) is 21.4. The number of fused-ring (bicyclic) bond motifs is 1. The third-order valence-corrected chi connectivity index (χ3v) is 8.51. The van der Waals surface area contributed by atoms with Gasteiger partial charge in [0.1, 0.15) is 16.6 Å². The van der Waals surface area contributed by atoms with Crippen molar-refractivity contribution in [2.75, 3.05) is 18.1 Å². The number of hydrogen-bond acceptors (Lipinski definition) is 8. The van der Waals surface area contributed by atoms with Crippen LogP contribution < -0.4 is 19.7 Å². The number of rotatable bonds is 7. The van der Waals surface area contributed by atoms with Gasteiger partial charge < -0.3 is 19.7 Å². The highest BCUT2D eigenvalue weighted by atomic mass is 32.3. The molecule has 9 nitrogen and oxygen atoms in total. The van der Waals surface area contributed by atoms with Gasteiger partial charge in [-0.3, -0.25) is 9.35 Å². The summed E-state index contributed by atoms with van der Waals surface area (Å²) in [5, 5.41) is 2.56. The maximum Gasteiger partial charge on any atom is 0.392 e. The van der Waals surface area contributed by atoms with Crippen molar-refractivity contribution in [3.05, 3.63) is 57.6 Å². The molecule has 1 aromatic carbocycles. The summed E-state index contributed by atoms with van der Waals surface area (Å²) >= 11 is 1.03. The second kappa shape index (κ2) is 10.4. The van der Waals surface area contributed by atoms with Crippen molar-refractivity contribution in [1.82, 2.24) is 10.3 Å². The Balaban J connectivity index is 1.46. The average Bonchev–Trinajstić information content (AvgIpc) is 3.12. The number of aromatic nitrogens is 1. The molecule has 1 aromatic heterocycles. The topological polar surface area (TPSA) is 118 Å². The zero-order valence-electron chi connectivity index (χ0n) is 19.8. The molecule has 1 amide bonds. The number of alkyl halides is 3. The molecule has 3 heterocycles. The molecule has 2 aliphatic rings. The van der Waals surface area contributed by atoms with E-state index < -0.39 is 41.3 Å². The Hall–Kier alpha value is -2.97. The highest BCUT2D eigenvalue weighted by molar-refractivity contribution is 8.17. The highest BCUT2D eigenvalue weighted by Gasteiger charge is 2.37. The third kappa shape index (κ3) is 6.30. The fourth-order valence-corrected chi connectivity index (χ4v) is 6.47. The quantitative estimate of drug-likeness (QED) is 0.483. The van der Waals surface area contributed by atoms with Crippen LogP contribution in [-0.4, -0.2) is 54.7 Å². The van der Waals surface area contributed by atoms with Crippen LogP contribution in [0.25, 0.3) is 0 Å². The molecule has 0 saturated heterocycles. The summed E-state index contributed by atoms with van der Waals surface area (Å²) in [5.74, 6) is 0.139. The third-order valence-electron chi connectivity index (χ3n) is 5.76. The summed E-state index contributed by atoms with van der Waals surface area (Å²) in [6.45, 7) is 3.06. The number of benzene rings is 1. The Morgan fingerprint density at radius 3 is 2.70 bits per heavy atom. The summed E-state index contributed by atoms with van der Waals surface area (Å²) in [5.41, 5.74) is 2.06. The second-order valence-corrected chi connectivity index (χ2v) is 11.4. The largest absolute Gasteiger partial charge is 0.491 e. The molecule has 2 aromatic rings. The molecule has 1 unspecified atom stereocenters. The molecule has 0 spiro atoms. The SMILES string of the molecule is CC1=C(S(=O)(=O)O)S[C@@H](C)N1c1cccc2c1CC(NC(=O)c1ccc(OCCC(F)(F)F)nc1)CO2. The van der Waals surface area contributed by atoms with Gasteiger partial charge in [0, 0.05) is 35.6 Å². The second-order valence-electron chi connectivity index (χ2n) is 8.47. The smallest absolute Gasteiger partial charge is 0.392 e. The first-order valence-electron chi connectivity index (χ1n) is 11.2. The molecule has 2 atom stereocenters. The summed E-state index contributed by atoms with van der Waals surface area (Å²) in [7, 11) is -4.37. The van der Waals surface area contributed by atoms with E-state index in [4.69, 9.17) is 9.47 Å². The van der Waals surface area contributed by atoms with E-state index in [1.54, 1.807) is 19.1 Å². The van der Waals surface area contributed by atoms with Gasteiger partial charge in [-0.2, -0.15) is 21.6 Å². The molecular formula is C23H24F3N3O6S2. The number of anilines is 1. The Morgan fingerprint density at radius 1 is 1.32 bits per heavy atom.